The molecule has 2 rings (SSSR count). The van der Waals surface area contributed by atoms with E-state index in [9.17, 15) is 9.18 Å². The van der Waals surface area contributed by atoms with Crippen molar-refractivity contribution in [3.63, 3.8) is 0 Å². The zero-order valence-electron chi connectivity index (χ0n) is 10.5. The minimum absolute atomic E-state index is 0.157. The molecule has 0 amide bonds. The third kappa shape index (κ3) is 2.70. The summed E-state index contributed by atoms with van der Waals surface area (Å²) >= 11 is 0. The molecule has 1 aromatic carbocycles. The number of benzene rings is 1. The number of methoxy groups -OCH3 is 2. The Labute approximate surface area is 109 Å². The van der Waals surface area contributed by atoms with Crippen LogP contribution in [0.3, 0.4) is 0 Å². The van der Waals surface area contributed by atoms with E-state index in [2.05, 4.69) is 4.98 Å². The monoisotopic (exact) mass is 261 g/mol. The van der Waals surface area contributed by atoms with Crippen molar-refractivity contribution in [1.29, 1.82) is 0 Å². The van der Waals surface area contributed by atoms with Crippen LogP contribution in [0.5, 0.6) is 11.5 Å². The molecule has 0 saturated carbocycles. The van der Waals surface area contributed by atoms with Crippen LogP contribution < -0.4 is 9.47 Å². The maximum atomic E-state index is 12.8. The fourth-order valence-corrected chi connectivity index (χ4v) is 1.63. The Bertz CT molecular complexity index is 596. The van der Waals surface area contributed by atoms with Crippen LogP contribution in [0, 0.1) is 5.82 Å². The van der Waals surface area contributed by atoms with E-state index in [-0.39, 0.29) is 11.5 Å². The van der Waals surface area contributed by atoms with Gasteiger partial charge in [0.2, 0.25) is 5.78 Å². The van der Waals surface area contributed by atoms with Crippen molar-refractivity contribution >= 4 is 5.78 Å². The summed E-state index contributed by atoms with van der Waals surface area (Å²) in [4.78, 5) is 16.0. The molecule has 0 saturated heterocycles. The molecule has 98 valence electrons. The number of aromatic nitrogens is 1. The Balaban J connectivity index is 2.40. The van der Waals surface area contributed by atoms with Crippen molar-refractivity contribution in [2.24, 2.45) is 0 Å². The second kappa shape index (κ2) is 5.48. The van der Waals surface area contributed by atoms with Crippen molar-refractivity contribution < 1.29 is 18.7 Å². The summed E-state index contributed by atoms with van der Waals surface area (Å²) in [5.41, 5.74) is 0.507. The Hall–Kier alpha value is -2.43. The van der Waals surface area contributed by atoms with Gasteiger partial charge in [-0.1, -0.05) is 0 Å². The van der Waals surface area contributed by atoms with Gasteiger partial charge < -0.3 is 9.47 Å². The molecular weight excluding hydrogens is 249 g/mol. The topological polar surface area (TPSA) is 48.4 Å². The van der Waals surface area contributed by atoms with Crippen molar-refractivity contribution in [3.05, 3.63) is 53.6 Å². The van der Waals surface area contributed by atoms with E-state index in [4.69, 9.17) is 9.47 Å². The van der Waals surface area contributed by atoms with Crippen LogP contribution in [0.25, 0.3) is 0 Å². The van der Waals surface area contributed by atoms with E-state index in [1.807, 2.05) is 0 Å². The molecule has 0 N–H and O–H groups in total. The first-order valence-electron chi connectivity index (χ1n) is 5.54. The maximum absolute atomic E-state index is 12.8. The highest BCUT2D eigenvalue weighted by Gasteiger charge is 2.16. The number of nitrogens with zero attached hydrogens (tertiary/aromatic N) is 1. The number of ketones is 1. The van der Waals surface area contributed by atoms with Gasteiger partial charge in [0.15, 0.2) is 0 Å². The molecule has 0 spiro atoms. The largest absolute Gasteiger partial charge is 0.497 e. The second-order valence-corrected chi connectivity index (χ2v) is 3.76. The first kappa shape index (κ1) is 13.0. The summed E-state index contributed by atoms with van der Waals surface area (Å²) in [6.07, 6.45) is 1.00. The van der Waals surface area contributed by atoms with Gasteiger partial charge >= 0.3 is 0 Å². The summed E-state index contributed by atoms with van der Waals surface area (Å²) in [7, 11) is 2.99. The van der Waals surface area contributed by atoms with Crippen molar-refractivity contribution in [3.8, 4) is 11.5 Å². The number of pyridine rings is 1. The predicted molar refractivity (Wildman–Crippen MR) is 67.2 cm³/mol. The van der Waals surface area contributed by atoms with Gasteiger partial charge in [-0.3, -0.25) is 4.79 Å². The van der Waals surface area contributed by atoms with Gasteiger partial charge in [-0.05, 0) is 24.3 Å². The van der Waals surface area contributed by atoms with Crippen LogP contribution in [-0.2, 0) is 0 Å². The van der Waals surface area contributed by atoms with E-state index in [1.54, 1.807) is 18.2 Å². The van der Waals surface area contributed by atoms with E-state index in [0.717, 1.165) is 6.20 Å². The molecule has 19 heavy (non-hydrogen) atoms. The molecule has 0 unspecified atom stereocenters. The molecule has 0 radical (unpaired) electrons. The maximum Gasteiger partial charge on any atom is 0.215 e. The Kier molecular flexibility index (Phi) is 3.75. The average molecular weight is 261 g/mol. The second-order valence-electron chi connectivity index (χ2n) is 3.76. The van der Waals surface area contributed by atoms with Gasteiger partial charge in [0.05, 0.1) is 26.0 Å². The van der Waals surface area contributed by atoms with Gasteiger partial charge in [0.1, 0.15) is 23.0 Å². The van der Waals surface area contributed by atoms with Gasteiger partial charge in [-0.15, -0.1) is 0 Å². The number of ether oxygens (including phenoxy) is 2. The molecular formula is C14H12FNO3. The normalized spacial score (nSPS) is 10.1. The molecule has 2 aromatic rings. The average Bonchev–Trinajstić information content (AvgIpc) is 2.46. The highest BCUT2D eigenvalue weighted by Crippen LogP contribution is 2.26. The number of rotatable bonds is 4. The summed E-state index contributed by atoms with van der Waals surface area (Å²) in [5.74, 6) is 0.147. The third-order valence-corrected chi connectivity index (χ3v) is 2.61. The van der Waals surface area contributed by atoms with Crippen molar-refractivity contribution in [2.45, 2.75) is 0 Å². The molecule has 0 aliphatic carbocycles. The van der Waals surface area contributed by atoms with Crippen LogP contribution in [0.2, 0.25) is 0 Å². The van der Waals surface area contributed by atoms with Gasteiger partial charge in [-0.2, -0.15) is 0 Å². The van der Waals surface area contributed by atoms with Gasteiger partial charge in [0, 0.05) is 6.07 Å². The lowest BCUT2D eigenvalue weighted by Crippen LogP contribution is -2.06. The highest BCUT2D eigenvalue weighted by atomic mass is 19.1. The van der Waals surface area contributed by atoms with Crippen molar-refractivity contribution in [2.75, 3.05) is 14.2 Å². The lowest BCUT2D eigenvalue weighted by atomic mass is 10.1. The van der Waals surface area contributed by atoms with Gasteiger partial charge in [0.25, 0.3) is 0 Å². The van der Waals surface area contributed by atoms with Crippen LogP contribution in [0.4, 0.5) is 4.39 Å². The van der Waals surface area contributed by atoms with E-state index >= 15 is 0 Å². The fraction of sp³-hybridized carbons (Fsp3) is 0.143. The SMILES string of the molecule is COc1ccc(C(=O)c2ccc(F)cn2)c(OC)c1. The summed E-state index contributed by atoms with van der Waals surface area (Å²) < 4.78 is 23.0. The summed E-state index contributed by atoms with van der Waals surface area (Å²) in [5, 5.41) is 0. The molecule has 1 aromatic heterocycles. The molecule has 0 atom stereocenters. The quantitative estimate of drug-likeness (QED) is 0.793. The summed E-state index contributed by atoms with van der Waals surface area (Å²) in [6, 6.07) is 7.37. The van der Waals surface area contributed by atoms with Gasteiger partial charge in [-0.25, -0.2) is 9.37 Å². The zero-order chi connectivity index (χ0) is 13.8. The Morgan fingerprint density at radius 3 is 2.53 bits per heavy atom. The fourth-order valence-electron chi connectivity index (χ4n) is 1.63. The Morgan fingerprint density at radius 2 is 1.95 bits per heavy atom. The third-order valence-electron chi connectivity index (χ3n) is 2.61. The number of hydrogen-bond acceptors (Lipinski definition) is 4. The summed E-state index contributed by atoms with van der Waals surface area (Å²) in [6.45, 7) is 0. The van der Waals surface area contributed by atoms with Crippen LogP contribution in [-0.4, -0.2) is 25.0 Å². The number of carbonyl (C=O) groups excluding carboxylic acids is 1. The molecule has 5 heteroatoms. The van der Waals surface area contributed by atoms with Crippen LogP contribution in [0.1, 0.15) is 16.1 Å². The van der Waals surface area contributed by atoms with Crippen LogP contribution >= 0.6 is 0 Å². The molecule has 0 fully saturated rings. The zero-order valence-corrected chi connectivity index (χ0v) is 10.5. The van der Waals surface area contributed by atoms with E-state index in [1.165, 1.54) is 26.4 Å². The molecule has 4 nitrogen and oxygen atoms in total. The van der Waals surface area contributed by atoms with E-state index in [0.29, 0.717) is 17.1 Å². The lowest BCUT2D eigenvalue weighted by molar-refractivity contribution is 0.103. The van der Waals surface area contributed by atoms with Crippen molar-refractivity contribution in [1.82, 2.24) is 4.98 Å². The Morgan fingerprint density at radius 1 is 1.16 bits per heavy atom. The van der Waals surface area contributed by atoms with Crippen LogP contribution in [0.15, 0.2) is 36.5 Å². The number of hydrogen-bond donors (Lipinski definition) is 0. The lowest BCUT2D eigenvalue weighted by Gasteiger charge is -2.09. The minimum atomic E-state index is -0.488. The molecule has 1 heterocycles. The molecule has 0 bridgehead atoms. The number of carbonyl (C=O) groups is 1. The molecule has 0 aliphatic rings. The first-order chi connectivity index (χ1) is 9.15. The standard InChI is InChI=1S/C14H12FNO3/c1-18-10-4-5-11(13(7-10)19-2)14(17)12-6-3-9(15)8-16-12/h3-8H,1-2H3. The minimum Gasteiger partial charge on any atom is -0.497 e. The number of halogens is 1. The van der Waals surface area contributed by atoms with E-state index < -0.39 is 5.82 Å². The predicted octanol–water partition coefficient (Wildman–Crippen LogP) is 2.47. The highest BCUT2D eigenvalue weighted by molar-refractivity contribution is 6.09. The molecule has 0 aliphatic heterocycles. The smallest absolute Gasteiger partial charge is 0.215 e. The first-order valence-corrected chi connectivity index (χ1v) is 5.54.